The van der Waals surface area contributed by atoms with Crippen LogP contribution in [0, 0.1) is 5.92 Å². The highest BCUT2D eigenvalue weighted by Crippen LogP contribution is 2.21. The first-order valence-corrected chi connectivity index (χ1v) is 6.51. The van der Waals surface area contributed by atoms with Crippen molar-refractivity contribution in [2.24, 2.45) is 5.92 Å². The molecule has 1 heterocycles. The van der Waals surface area contributed by atoms with Crippen LogP contribution in [0.1, 0.15) is 26.1 Å². The first-order valence-electron chi connectivity index (χ1n) is 6.51. The Labute approximate surface area is 107 Å². The molecule has 2 aromatic rings. The normalized spacial score (nSPS) is 13.1. The Morgan fingerprint density at radius 3 is 2.89 bits per heavy atom. The van der Waals surface area contributed by atoms with Gasteiger partial charge in [-0.15, -0.1) is 0 Å². The van der Waals surface area contributed by atoms with Gasteiger partial charge in [-0.3, -0.25) is 0 Å². The van der Waals surface area contributed by atoms with Gasteiger partial charge < -0.3 is 15.4 Å². The average Bonchev–Trinajstić information content (AvgIpc) is 2.67. The number of nitrogen functional groups attached to an aromatic ring is 1. The number of anilines is 1. The fourth-order valence-electron chi connectivity index (χ4n) is 2.18. The number of aromatic nitrogens is 2. The maximum absolute atomic E-state index is 9.22. The second-order valence-corrected chi connectivity index (χ2v) is 4.92. The lowest BCUT2D eigenvalue weighted by Crippen LogP contribution is -2.13. The van der Waals surface area contributed by atoms with Crippen LogP contribution in [0.15, 0.2) is 18.2 Å². The fraction of sp³-hybridized carbons (Fsp3) is 0.500. The molecule has 0 aliphatic rings. The molecular formula is C14H21N3O. The summed E-state index contributed by atoms with van der Waals surface area (Å²) >= 11 is 0. The first kappa shape index (κ1) is 12.9. The molecule has 1 unspecified atom stereocenters. The Hall–Kier alpha value is -1.55. The molecule has 1 aromatic heterocycles. The third-order valence-corrected chi connectivity index (χ3v) is 3.13. The molecule has 0 aliphatic carbocycles. The van der Waals surface area contributed by atoms with Crippen molar-refractivity contribution in [1.29, 1.82) is 0 Å². The molecule has 18 heavy (non-hydrogen) atoms. The third-order valence-electron chi connectivity index (χ3n) is 3.13. The monoisotopic (exact) mass is 247 g/mol. The van der Waals surface area contributed by atoms with E-state index in [1.165, 1.54) is 0 Å². The second-order valence-electron chi connectivity index (χ2n) is 4.92. The van der Waals surface area contributed by atoms with Crippen LogP contribution in [0.5, 0.6) is 0 Å². The van der Waals surface area contributed by atoms with Gasteiger partial charge in [-0.2, -0.15) is 0 Å². The number of hydrogen-bond donors (Lipinski definition) is 2. The number of hydrogen-bond acceptors (Lipinski definition) is 3. The van der Waals surface area contributed by atoms with Crippen molar-refractivity contribution in [3.63, 3.8) is 0 Å². The van der Waals surface area contributed by atoms with Crippen molar-refractivity contribution in [3.8, 4) is 0 Å². The number of aliphatic hydroxyl groups excluding tert-OH is 1. The number of nitrogens with zero attached hydrogens (tertiary/aromatic N) is 2. The zero-order valence-corrected chi connectivity index (χ0v) is 11.1. The summed E-state index contributed by atoms with van der Waals surface area (Å²) in [5.41, 5.74) is 8.59. The highest BCUT2D eigenvalue weighted by atomic mass is 16.3. The average molecular weight is 247 g/mol. The minimum absolute atomic E-state index is 0.195. The van der Waals surface area contributed by atoms with Crippen molar-refractivity contribution in [1.82, 2.24) is 9.55 Å². The summed E-state index contributed by atoms with van der Waals surface area (Å²) in [5, 5.41) is 9.22. The lowest BCUT2D eigenvalue weighted by molar-refractivity contribution is 0.223. The van der Waals surface area contributed by atoms with Gasteiger partial charge in [-0.05, 0) is 30.5 Å². The van der Waals surface area contributed by atoms with Gasteiger partial charge in [0, 0.05) is 25.3 Å². The summed E-state index contributed by atoms with van der Waals surface area (Å²) in [4.78, 5) is 4.65. The van der Waals surface area contributed by atoms with E-state index in [-0.39, 0.29) is 12.5 Å². The molecule has 2 rings (SSSR count). The Morgan fingerprint density at radius 1 is 1.44 bits per heavy atom. The summed E-state index contributed by atoms with van der Waals surface area (Å²) in [6, 6.07) is 5.83. The van der Waals surface area contributed by atoms with Crippen LogP contribution in [0.2, 0.25) is 0 Å². The predicted octanol–water partition coefficient (Wildman–Crippen LogP) is 2.20. The van der Waals surface area contributed by atoms with Gasteiger partial charge in [0.2, 0.25) is 0 Å². The second kappa shape index (κ2) is 5.40. The predicted molar refractivity (Wildman–Crippen MR) is 74.4 cm³/mol. The zero-order chi connectivity index (χ0) is 13.1. The summed E-state index contributed by atoms with van der Waals surface area (Å²) in [5.74, 6) is 1.31. The van der Waals surface area contributed by atoms with Crippen molar-refractivity contribution >= 4 is 16.7 Å². The number of aryl methyl sites for hydroxylation is 1. The molecule has 0 saturated carbocycles. The number of rotatable bonds is 5. The Balaban J connectivity index is 2.48. The van der Waals surface area contributed by atoms with Crippen LogP contribution in [0.25, 0.3) is 11.0 Å². The minimum atomic E-state index is 0.195. The van der Waals surface area contributed by atoms with Crippen LogP contribution >= 0.6 is 0 Å². The molecule has 0 radical (unpaired) electrons. The van der Waals surface area contributed by atoms with Crippen molar-refractivity contribution in [2.45, 2.75) is 33.2 Å². The third kappa shape index (κ3) is 2.48. The molecule has 0 bridgehead atoms. The largest absolute Gasteiger partial charge is 0.399 e. The van der Waals surface area contributed by atoms with E-state index in [4.69, 9.17) is 5.73 Å². The van der Waals surface area contributed by atoms with Crippen LogP contribution in [0.3, 0.4) is 0 Å². The first-order chi connectivity index (χ1) is 8.65. The number of aliphatic hydroxyl groups is 1. The lowest BCUT2D eigenvalue weighted by atomic mass is 10.2. The summed E-state index contributed by atoms with van der Waals surface area (Å²) in [6.45, 7) is 5.18. The number of imidazole rings is 1. The topological polar surface area (TPSA) is 64.1 Å². The summed E-state index contributed by atoms with van der Waals surface area (Å²) < 4.78 is 2.21. The van der Waals surface area contributed by atoms with Crippen LogP contribution in [-0.2, 0) is 13.0 Å². The van der Waals surface area contributed by atoms with Crippen molar-refractivity contribution in [3.05, 3.63) is 24.0 Å². The van der Waals surface area contributed by atoms with E-state index in [1.54, 1.807) is 0 Å². The van der Waals surface area contributed by atoms with E-state index in [9.17, 15) is 5.11 Å². The zero-order valence-electron chi connectivity index (χ0n) is 11.1. The van der Waals surface area contributed by atoms with Crippen LogP contribution in [-0.4, -0.2) is 21.3 Å². The van der Waals surface area contributed by atoms with Gasteiger partial charge >= 0.3 is 0 Å². The quantitative estimate of drug-likeness (QED) is 0.796. The molecule has 4 heteroatoms. The van der Waals surface area contributed by atoms with Crippen molar-refractivity contribution < 1.29 is 5.11 Å². The molecule has 4 nitrogen and oxygen atoms in total. The molecule has 0 amide bonds. The van der Waals surface area contributed by atoms with Gasteiger partial charge in [0.25, 0.3) is 0 Å². The van der Waals surface area contributed by atoms with Crippen LogP contribution < -0.4 is 5.73 Å². The molecule has 1 aromatic carbocycles. The Morgan fingerprint density at radius 2 is 2.22 bits per heavy atom. The van der Waals surface area contributed by atoms with E-state index >= 15 is 0 Å². The summed E-state index contributed by atoms with van der Waals surface area (Å²) in [6.07, 6.45) is 2.01. The smallest absolute Gasteiger partial charge is 0.109 e. The maximum atomic E-state index is 9.22. The van der Waals surface area contributed by atoms with Gasteiger partial charge in [0.15, 0.2) is 0 Å². The maximum Gasteiger partial charge on any atom is 0.109 e. The van der Waals surface area contributed by atoms with E-state index in [1.807, 2.05) is 25.1 Å². The van der Waals surface area contributed by atoms with Gasteiger partial charge in [-0.1, -0.05) is 13.8 Å². The molecule has 0 fully saturated rings. The standard InChI is InChI=1S/C14H21N3O/c1-3-4-14-16-12-7-11(15)5-6-13(12)17(14)8-10(2)9-18/h5-7,10,18H,3-4,8-9,15H2,1-2H3. The van der Waals surface area contributed by atoms with E-state index in [0.29, 0.717) is 0 Å². The van der Waals surface area contributed by atoms with Gasteiger partial charge in [-0.25, -0.2) is 4.98 Å². The Bertz CT molecular complexity index is 533. The molecule has 0 spiro atoms. The van der Waals surface area contributed by atoms with Gasteiger partial charge in [0.05, 0.1) is 11.0 Å². The van der Waals surface area contributed by atoms with Gasteiger partial charge in [0.1, 0.15) is 5.82 Å². The molecule has 0 aliphatic heterocycles. The number of fused-ring (bicyclic) bond motifs is 1. The molecular weight excluding hydrogens is 226 g/mol. The van der Waals surface area contributed by atoms with E-state index < -0.39 is 0 Å². The minimum Gasteiger partial charge on any atom is -0.399 e. The molecule has 1 atom stereocenters. The summed E-state index contributed by atoms with van der Waals surface area (Å²) in [7, 11) is 0. The molecule has 98 valence electrons. The molecule has 3 N–H and O–H groups in total. The molecule has 0 saturated heterocycles. The number of benzene rings is 1. The fourth-order valence-corrected chi connectivity index (χ4v) is 2.18. The van der Waals surface area contributed by atoms with E-state index in [0.717, 1.165) is 41.9 Å². The Kier molecular flexibility index (Phi) is 3.87. The highest BCUT2D eigenvalue weighted by molar-refractivity contribution is 5.79. The SMILES string of the molecule is CCCc1nc2cc(N)ccc2n1CC(C)CO. The highest BCUT2D eigenvalue weighted by Gasteiger charge is 2.12. The van der Waals surface area contributed by atoms with Crippen LogP contribution in [0.4, 0.5) is 5.69 Å². The number of nitrogens with two attached hydrogens (primary N) is 1. The van der Waals surface area contributed by atoms with Crippen molar-refractivity contribution in [2.75, 3.05) is 12.3 Å². The lowest BCUT2D eigenvalue weighted by Gasteiger charge is -2.13. The van der Waals surface area contributed by atoms with E-state index in [2.05, 4.69) is 16.5 Å².